The minimum absolute atomic E-state index is 0.0838. The summed E-state index contributed by atoms with van der Waals surface area (Å²) in [6.45, 7) is 5.04. The van der Waals surface area contributed by atoms with E-state index in [1.807, 2.05) is 13.8 Å². The summed E-state index contributed by atoms with van der Waals surface area (Å²) in [6.07, 6.45) is 0. The molecule has 6 nitrogen and oxygen atoms in total. The van der Waals surface area contributed by atoms with Crippen LogP contribution in [0.15, 0.2) is 23.1 Å². The van der Waals surface area contributed by atoms with Crippen LogP contribution in [-0.2, 0) is 14.9 Å². The maximum absolute atomic E-state index is 12.0. The molecule has 0 saturated carbocycles. The van der Waals surface area contributed by atoms with Gasteiger partial charge in [-0.1, -0.05) is 18.7 Å². The second kappa shape index (κ2) is 5.77. The summed E-state index contributed by atoms with van der Waals surface area (Å²) in [4.78, 5) is 7.12. The highest BCUT2D eigenvalue weighted by molar-refractivity contribution is 7.89. The molecule has 0 unspecified atom stereocenters. The number of ether oxygens (including phenoxy) is 2. The van der Waals surface area contributed by atoms with Gasteiger partial charge in [-0.3, -0.25) is 4.84 Å². The Morgan fingerprint density at radius 3 is 2.63 bits per heavy atom. The predicted octanol–water partition coefficient (Wildman–Crippen LogP) is 1.32. The smallest absolute Gasteiger partial charge is 0.262 e. The van der Waals surface area contributed by atoms with Crippen LogP contribution in [-0.4, -0.2) is 28.2 Å². The highest BCUT2D eigenvalue weighted by Crippen LogP contribution is 2.32. The van der Waals surface area contributed by atoms with Crippen molar-refractivity contribution in [2.45, 2.75) is 18.7 Å². The van der Waals surface area contributed by atoms with Crippen molar-refractivity contribution >= 4 is 10.0 Å². The Bertz CT molecular complexity index is 541. The van der Waals surface area contributed by atoms with E-state index in [0.717, 1.165) is 0 Å². The van der Waals surface area contributed by atoms with Gasteiger partial charge in [-0.25, -0.2) is 8.42 Å². The normalized spacial score (nSPS) is 14.7. The molecule has 0 fully saturated rings. The molecule has 0 spiro atoms. The molecule has 1 heterocycles. The van der Waals surface area contributed by atoms with Gasteiger partial charge in [0.2, 0.25) is 0 Å². The van der Waals surface area contributed by atoms with E-state index in [0.29, 0.717) is 31.3 Å². The molecule has 0 bridgehead atoms. The fourth-order valence-electron chi connectivity index (χ4n) is 1.52. The van der Waals surface area contributed by atoms with Crippen LogP contribution in [0, 0.1) is 5.92 Å². The number of hydrogen-bond donors (Lipinski definition) is 1. The Labute approximate surface area is 112 Å². The minimum Gasteiger partial charge on any atom is -0.486 e. The van der Waals surface area contributed by atoms with Gasteiger partial charge in [-0.15, -0.1) is 0 Å². The molecule has 0 radical (unpaired) electrons. The molecule has 1 aromatic rings. The summed E-state index contributed by atoms with van der Waals surface area (Å²) in [7, 11) is -3.70. The quantitative estimate of drug-likeness (QED) is 0.827. The molecule has 0 atom stereocenters. The lowest BCUT2D eigenvalue weighted by Gasteiger charge is -2.18. The first-order valence-electron chi connectivity index (χ1n) is 6.02. The van der Waals surface area contributed by atoms with E-state index in [1.165, 1.54) is 12.1 Å². The van der Waals surface area contributed by atoms with Gasteiger partial charge in [0.05, 0.1) is 11.5 Å². The SMILES string of the molecule is CC(C)CONS(=O)(=O)c1ccc2c(c1)OCCO2. The van der Waals surface area contributed by atoms with Gasteiger partial charge in [-0.05, 0) is 18.1 Å². The number of benzene rings is 1. The summed E-state index contributed by atoms with van der Waals surface area (Å²) in [6, 6.07) is 4.45. The van der Waals surface area contributed by atoms with Crippen LogP contribution in [0.5, 0.6) is 11.5 Å². The number of rotatable bonds is 5. The van der Waals surface area contributed by atoms with E-state index in [4.69, 9.17) is 14.3 Å². The molecule has 106 valence electrons. The number of nitrogens with one attached hydrogen (secondary N) is 1. The Balaban J connectivity index is 2.12. The number of sulfonamides is 1. The molecule has 1 aromatic carbocycles. The second-order valence-corrected chi connectivity index (χ2v) is 6.24. The van der Waals surface area contributed by atoms with Crippen LogP contribution < -0.4 is 14.4 Å². The highest BCUT2D eigenvalue weighted by Gasteiger charge is 2.19. The Kier molecular flexibility index (Phi) is 4.28. The first-order chi connectivity index (χ1) is 8.99. The lowest BCUT2D eigenvalue weighted by Crippen LogP contribution is -2.26. The first-order valence-corrected chi connectivity index (χ1v) is 7.50. The van der Waals surface area contributed by atoms with E-state index < -0.39 is 10.0 Å². The molecule has 1 aliphatic rings. The van der Waals surface area contributed by atoms with Gasteiger partial charge in [0.1, 0.15) is 13.2 Å². The van der Waals surface area contributed by atoms with Crippen LogP contribution in [0.3, 0.4) is 0 Å². The zero-order chi connectivity index (χ0) is 13.9. The summed E-state index contributed by atoms with van der Waals surface area (Å²) in [5.41, 5.74) is 0. The van der Waals surface area contributed by atoms with Gasteiger partial charge in [0.25, 0.3) is 10.0 Å². The molecule has 1 N–H and O–H groups in total. The molecule has 0 aliphatic carbocycles. The van der Waals surface area contributed by atoms with Crippen LogP contribution in [0.2, 0.25) is 0 Å². The van der Waals surface area contributed by atoms with Crippen molar-refractivity contribution in [3.63, 3.8) is 0 Å². The van der Waals surface area contributed by atoms with Crippen LogP contribution in [0.1, 0.15) is 13.8 Å². The van der Waals surface area contributed by atoms with Gasteiger partial charge in [0.15, 0.2) is 11.5 Å². The molecule has 2 rings (SSSR count). The minimum atomic E-state index is -3.70. The third-order valence-electron chi connectivity index (χ3n) is 2.41. The van der Waals surface area contributed by atoms with Crippen molar-refractivity contribution in [3.8, 4) is 11.5 Å². The fourth-order valence-corrected chi connectivity index (χ4v) is 2.35. The fraction of sp³-hybridized carbons (Fsp3) is 0.500. The van der Waals surface area contributed by atoms with Crippen LogP contribution in [0.4, 0.5) is 0 Å². The lowest BCUT2D eigenvalue weighted by atomic mass is 10.2. The maximum Gasteiger partial charge on any atom is 0.262 e. The third kappa shape index (κ3) is 3.59. The van der Waals surface area contributed by atoms with Crippen molar-refractivity contribution in [3.05, 3.63) is 18.2 Å². The summed E-state index contributed by atoms with van der Waals surface area (Å²) in [5.74, 6) is 1.22. The van der Waals surface area contributed by atoms with Crippen molar-refractivity contribution in [2.75, 3.05) is 19.8 Å². The van der Waals surface area contributed by atoms with E-state index in [9.17, 15) is 8.42 Å². The topological polar surface area (TPSA) is 73.9 Å². The number of fused-ring (bicyclic) bond motifs is 1. The Morgan fingerprint density at radius 2 is 1.95 bits per heavy atom. The zero-order valence-corrected chi connectivity index (χ0v) is 11.7. The summed E-state index contributed by atoms with van der Waals surface area (Å²) >= 11 is 0. The molecule has 1 aliphatic heterocycles. The standard InChI is InChI=1S/C12H17NO5S/c1-9(2)8-18-13-19(14,15)10-3-4-11-12(7-10)17-6-5-16-11/h3-4,7,9,13H,5-6,8H2,1-2H3. The van der Waals surface area contributed by atoms with Crippen molar-refractivity contribution in [1.29, 1.82) is 0 Å². The third-order valence-corrected chi connectivity index (χ3v) is 3.62. The average Bonchev–Trinajstić information content (AvgIpc) is 2.37. The van der Waals surface area contributed by atoms with Crippen molar-refractivity contribution in [1.82, 2.24) is 4.89 Å². The van der Waals surface area contributed by atoms with E-state index in [1.54, 1.807) is 6.07 Å². The first kappa shape index (κ1) is 14.1. The highest BCUT2D eigenvalue weighted by atomic mass is 32.2. The molecular weight excluding hydrogens is 270 g/mol. The Hall–Kier alpha value is -1.31. The van der Waals surface area contributed by atoms with Crippen molar-refractivity contribution in [2.24, 2.45) is 5.92 Å². The molecule has 0 saturated heterocycles. The van der Waals surface area contributed by atoms with Gasteiger partial charge in [-0.2, -0.15) is 0 Å². The maximum atomic E-state index is 12.0. The molecular formula is C12H17NO5S. The Morgan fingerprint density at radius 1 is 1.26 bits per heavy atom. The van der Waals surface area contributed by atoms with E-state index in [-0.39, 0.29) is 10.8 Å². The van der Waals surface area contributed by atoms with Crippen molar-refractivity contribution < 1.29 is 22.7 Å². The van der Waals surface area contributed by atoms with Gasteiger partial charge >= 0.3 is 0 Å². The summed E-state index contributed by atoms with van der Waals surface area (Å²) in [5, 5.41) is 0. The number of hydrogen-bond acceptors (Lipinski definition) is 5. The van der Waals surface area contributed by atoms with Gasteiger partial charge in [0, 0.05) is 6.07 Å². The largest absolute Gasteiger partial charge is 0.486 e. The monoisotopic (exact) mass is 287 g/mol. The van der Waals surface area contributed by atoms with Crippen LogP contribution in [0.25, 0.3) is 0 Å². The molecule has 19 heavy (non-hydrogen) atoms. The van der Waals surface area contributed by atoms with E-state index >= 15 is 0 Å². The zero-order valence-electron chi connectivity index (χ0n) is 10.9. The van der Waals surface area contributed by atoms with E-state index in [2.05, 4.69) is 4.89 Å². The lowest BCUT2D eigenvalue weighted by molar-refractivity contribution is 0.0718. The molecule has 7 heteroatoms. The average molecular weight is 287 g/mol. The molecule has 0 aromatic heterocycles. The van der Waals surface area contributed by atoms with Crippen LogP contribution >= 0.6 is 0 Å². The second-order valence-electron chi connectivity index (χ2n) is 4.60. The molecule has 0 amide bonds. The predicted molar refractivity (Wildman–Crippen MR) is 68.5 cm³/mol. The summed E-state index contributed by atoms with van der Waals surface area (Å²) < 4.78 is 34.6. The van der Waals surface area contributed by atoms with Gasteiger partial charge < -0.3 is 9.47 Å².